The second kappa shape index (κ2) is 12.2. The Kier molecular flexibility index (Phi) is 8.51. The zero-order valence-corrected chi connectivity index (χ0v) is 23.0. The predicted octanol–water partition coefficient (Wildman–Crippen LogP) is 7.69. The topological polar surface area (TPSA) is 67.6 Å². The van der Waals surface area contributed by atoms with E-state index in [0.717, 1.165) is 54.5 Å². The Labute approximate surface area is 238 Å². The number of carbonyl (C=O) groups is 1. The molecule has 2 aromatic carbocycles. The zero-order chi connectivity index (χ0) is 28.1. The summed E-state index contributed by atoms with van der Waals surface area (Å²) < 4.78 is 46.8. The number of nitrogens with one attached hydrogen (secondary N) is 1. The number of rotatable bonds is 8. The lowest BCUT2D eigenvalue weighted by Gasteiger charge is -2.33. The first-order chi connectivity index (χ1) is 19.2. The molecule has 5 rings (SSSR count). The first-order valence-corrected chi connectivity index (χ1v) is 14.1. The Bertz CT molecular complexity index is 1450. The van der Waals surface area contributed by atoms with Gasteiger partial charge in [0.1, 0.15) is 17.2 Å². The Hall–Kier alpha value is -3.70. The highest BCUT2D eigenvalue weighted by molar-refractivity contribution is 7.80. The number of halogens is 3. The number of benzene rings is 2. The summed E-state index contributed by atoms with van der Waals surface area (Å²) in [4.78, 5) is 20.9. The monoisotopic (exact) mass is 585 g/mol. The molecule has 2 aromatic heterocycles. The number of furan rings is 1. The van der Waals surface area contributed by atoms with E-state index in [1.54, 1.807) is 35.9 Å². The molecule has 0 spiro atoms. The largest absolute Gasteiger partial charge is 0.573 e. The van der Waals surface area contributed by atoms with Crippen molar-refractivity contribution in [2.24, 2.45) is 0 Å². The fourth-order valence-electron chi connectivity index (χ4n) is 4.66. The summed E-state index contributed by atoms with van der Waals surface area (Å²) >= 11 is 7.12. The van der Waals surface area contributed by atoms with Gasteiger partial charge in [-0.1, -0.05) is 42.5 Å². The molecule has 1 amide bonds. The molecule has 6 nitrogen and oxygen atoms in total. The molecular formula is C29H26F3N3O3S2. The number of nitrogens with zero attached hydrogens (tertiary/aromatic N) is 2. The van der Waals surface area contributed by atoms with E-state index in [1.807, 2.05) is 12.1 Å². The van der Waals surface area contributed by atoms with Gasteiger partial charge in [0.25, 0.3) is 5.91 Å². The number of hydrogen-bond donors (Lipinski definition) is 1. The number of para-hydroxylation sites is 1. The van der Waals surface area contributed by atoms with Crippen LogP contribution in [0.1, 0.15) is 46.4 Å². The predicted molar refractivity (Wildman–Crippen MR) is 152 cm³/mol. The summed E-state index contributed by atoms with van der Waals surface area (Å²) in [5, 5.41) is 5.59. The third-order valence-corrected chi connectivity index (χ3v) is 8.16. The number of piperidine rings is 1. The Morgan fingerprint density at radius 2 is 1.85 bits per heavy atom. The van der Waals surface area contributed by atoms with Crippen LogP contribution in [-0.2, 0) is 6.42 Å². The third-order valence-electron chi connectivity index (χ3n) is 6.69. The molecule has 0 bridgehead atoms. The van der Waals surface area contributed by atoms with E-state index in [4.69, 9.17) is 16.6 Å². The molecule has 0 radical (unpaired) electrons. The number of anilines is 1. The number of aryl methyl sites for hydroxylation is 1. The van der Waals surface area contributed by atoms with E-state index in [-0.39, 0.29) is 17.6 Å². The normalized spacial score (nSPS) is 14.2. The van der Waals surface area contributed by atoms with Crippen molar-refractivity contribution < 1.29 is 27.1 Å². The van der Waals surface area contributed by atoms with E-state index in [9.17, 15) is 18.0 Å². The van der Waals surface area contributed by atoms with Crippen LogP contribution in [0.2, 0.25) is 0 Å². The van der Waals surface area contributed by atoms with E-state index < -0.39 is 6.36 Å². The van der Waals surface area contributed by atoms with Crippen molar-refractivity contribution in [1.82, 2.24) is 9.88 Å². The molecule has 1 aliphatic rings. The molecule has 1 fully saturated rings. The fraction of sp³-hybridized carbons (Fsp3) is 0.276. The van der Waals surface area contributed by atoms with Gasteiger partial charge in [-0.25, -0.2) is 4.98 Å². The standard InChI is InChI=1S/C29H26F3N3O3S2/c30-29(31,32)38-22-9-7-19(8-10-22)23-5-1-2-6-24(23)33-27(36)25-18-40-28(34-25)20-13-15-35(16-14-20)26(39)12-11-21-4-3-17-37-21/h1-10,17-18,20H,11-16H2,(H,33,36). The SMILES string of the molecule is O=C(Nc1ccccc1-c1ccc(OC(F)(F)F)cc1)c1csc(C2CCN(C(=S)CCc3ccco3)CC2)n1. The molecular weight excluding hydrogens is 559 g/mol. The Balaban J connectivity index is 1.18. The summed E-state index contributed by atoms with van der Waals surface area (Å²) in [5.74, 6) is 0.542. The molecule has 40 heavy (non-hydrogen) atoms. The number of amides is 1. The Morgan fingerprint density at radius 3 is 2.55 bits per heavy atom. The summed E-state index contributed by atoms with van der Waals surface area (Å²) in [5.41, 5.74) is 2.17. The summed E-state index contributed by atoms with van der Waals surface area (Å²) in [6.07, 6.45) is 0.298. The molecule has 0 saturated carbocycles. The highest BCUT2D eigenvalue weighted by Gasteiger charge is 2.31. The highest BCUT2D eigenvalue weighted by atomic mass is 32.1. The molecule has 3 heterocycles. The Morgan fingerprint density at radius 1 is 1.10 bits per heavy atom. The first-order valence-electron chi connectivity index (χ1n) is 12.8. The van der Waals surface area contributed by atoms with Gasteiger partial charge in [0, 0.05) is 48.5 Å². The number of alkyl halides is 3. The lowest BCUT2D eigenvalue weighted by Crippen LogP contribution is -2.37. The number of ether oxygens (including phenoxy) is 1. The van der Waals surface area contributed by atoms with Crippen molar-refractivity contribution in [3.05, 3.63) is 88.8 Å². The maximum atomic E-state index is 13.1. The number of thiocarbonyl (C=S) groups is 1. The fourth-order valence-corrected chi connectivity index (χ4v) is 5.92. The van der Waals surface area contributed by atoms with Gasteiger partial charge in [0.2, 0.25) is 0 Å². The van der Waals surface area contributed by atoms with E-state index in [2.05, 4.69) is 19.9 Å². The van der Waals surface area contributed by atoms with Crippen LogP contribution in [0.25, 0.3) is 11.1 Å². The minimum Gasteiger partial charge on any atom is -0.469 e. The molecule has 0 unspecified atom stereocenters. The summed E-state index contributed by atoms with van der Waals surface area (Å²) in [6, 6.07) is 16.4. The van der Waals surface area contributed by atoms with E-state index in [1.165, 1.54) is 35.6 Å². The quantitative estimate of drug-likeness (QED) is 0.214. The van der Waals surface area contributed by atoms with Crippen LogP contribution in [0.15, 0.2) is 76.7 Å². The molecule has 0 aliphatic carbocycles. The van der Waals surface area contributed by atoms with Crippen molar-refractivity contribution in [3.8, 4) is 16.9 Å². The van der Waals surface area contributed by atoms with Gasteiger partial charge in [-0.15, -0.1) is 24.5 Å². The molecule has 1 aliphatic heterocycles. The third kappa shape index (κ3) is 7.08. The van der Waals surface area contributed by atoms with Crippen molar-refractivity contribution >= 4 is 40.1 Å². The highest BCUT2D eigenvalue weighted by Crippen LogP contribution is 2.33. The van der Waals surface area contributed by atoms with Gasteiger partial charge in [0.05, 0.1) is 16.3 Å². The smallest absolute Gasteiger partial charge is 0.469 e. The van der Waals surface area contributed by atoms with Crippen LogP contribution in [0.5, 0.6) is 5.75 Å². The minimum atomic E-state index is -4.76. The second-order valence-corrected chi connectivity index (χ2v) is 10.7. The van der Waals surface area contributed by atoms with Crippen LogP contribution in [0.4, 0.5) is 18.9 Å². The van der Waals surface area contributed by atoms with Crippen LogP contribution < -0.4 is 10.1 Å². The first kappa shape index (κ1) is 27.9. The van der Waals surface area contributed by atoms with Crippen LogP contribution in [0.3, 0.4) is 0 Å². The van der Waals surface area contributed by atoms with Crippen LogP contribution in [0, 0.1) is 0 Å². The van der Waals surface area contributed by atoms with Crippen molar-refractivity contribution in [1.29, 1.82) is 0 Å². The van der Waals surface area contributed by atoms with Crippen molar-refractivity contribution in [2.75, 3.05) is 18.4 Å². The maximum absolute atomic E-state index is 13.1. The van der Waals surface area contributed by atoms with Crippen molar-refractivity contribution in [3.63, 3.8) is 0 Å². The van der Waals surface area contributed by atoms with Gasteiger partial charge in [0.15, 0.2) is 0 Å². The van der Waals surface area contributed by atoms with Gasteiger partial charge in [-0.05, 0) is 48.7 Å². The summed E-state index contributed by atoms with van der Waals surface area (Å²) in [6.45, 7) is 1.70. The number of carbonyl (C=O) groups excluding carboxylic acids is 1. The molecule has 208 valence electrons. The van der Waals surface area contributed by atoms with Crippen LogP contribution >= 0.6 is 23.6 Å². The number of hydrogen-bond acceptors (Lipinski definition) is 6. The van der Waals surface area contributed by atoms with Gasteiger partial charge >= 0.3 is 6.36 Å². The molecule has 11 heteroatoms. The molecule has 0 atom stereocenters. The molecule has 1 N–H and O–H groups in total. The van der Waals surface area contributed by atoms with E-state index >= 15 is 0 Å². The molecule has 1 saturated heterocycles. The summed E-state index contributed by atoms with van der Waals surface area (Å²) in [7, 11) is 0. The van der Waals surface area contributed by atoms with Gasteiger partial charge < -0.3 is 19.4 Å². The maximum Gasteiger partial charge on any atom is 0.573 e. The van der Waals surface area contributed by atoms with Gasteiger partial charge in [-0.3, -0.25) is 4.79 Å². The average Bonchev–Trinajstić information content (AvgIpc) is 3.65. The van der Waals surface area contributed by atoms with E-state index in [0.29, 0.717) is 22.5 Å². The molecule has 4 aromatic rings. The number of aromatic nitrogens is 1. The lowest BCUT2D eigenvalue weighted by atomic mass is 9.97. The second-order valence-electron chi connectivity index (χ2n) is 9.38. The number of likely N-dealkylation sites (tertiary alicyclic amines) is 1. The van der Waals surface area contributed by atoms with Gasteiger partial charge in [-0.2, -0.15) is 0 Å². The number of thiazole rings is 1. The zero-order valence-electron chi connectivity index (χ0n) is 21.3. The average molecular weight is 586 g/mol. The lowest BCUT2D eigenvalue weighted by molar-refractivity contribution is -0.274. The van der Waals surface area contributed by atoms with Crippen molar-refractivity contribution in [2.45, 2.75) is 38.0 Å². The van der Waals surface area contributed by atoms with Crippen LogP contribution in [-0.4, -0.2) is 40.2 Å². The minimum absolute atomic E-state index is 0.264.